The number of imidazole rings is 1. The zero-order chi connectivity index (χ0) is 15.4. The number of rotatable bonds is 2. The SMILES string of the molecule is CN1CCN(S(=O)(=O)c2c(N)nc3sccn23)CC1(C)C. The van der Waals surface area contributed by atoms with E-state index in [1.807, 2.05) is 20.9 Å². The highest BCUT2D eigenvalue weighted by Crippen LogP contribution is 2.29. The molecule has 2 aromatic rings. The molecule has 0 spiro atoms. The lowest BCUT2D eigenvalue weighted by Gasteiger charge is -2.44. The molecule has 0 amide bonds. The predicted molar refractivity (Wildman–Crippen MR) is 82.9 cm³/mol. The first-order valence-electron chi connectivity index (χ1n) is 6.66. The summed E-state index contributed by atoms with van der Waals surface area (Å²) in [7, 11) is -1.64. The summed E-state index contributed by atoms with van der Waals surface area (Å²) < 4.78 is 29.0. The Kier molecular flexibility index (Phi) is 3.28. The van der Waals surface area contributed by atoms with E-state index in [4.69, 9.17) is 5.73 Å². The summed E-state index contributed by atoms with van der Waals surface area (Å²) >= 11 is 1.37. The Bertz CT molecular complexity index is 777. The van der Waals surface area contributed by atoms with Crippen molar-refractivity contribution in [3.63, 3.8) is 0 Å². The normalized spacial score (nSPS) is 21.1. The highest BCUT2D eigenvalue weighted by atomic mass is 32.2. The lowest BCUT2D eigenvalue weighted by Crippen LogP contribution is -2.58. The quantitative estimate of drug-likeness (QED) is 0.876. The van der Waals surface area contributed by atoms with Gasteiger partial charge in [0.1, 0.15) is 0 Å². The number of nitrogens with two attached hydrogens (primary N) is 1. The number of nitrogens with zero attached hydrogens (tertiary/aromatic N) is 4. The Balaban J connectivity index is 2.05. The third-order valence-corrected chi connectivity index (χ3v) is 6.75. The zero-order valence-electron chi connectivity index (χ0n) is 12.3. The molecule has 1 fully saturated rings. The monoisotopic (exact) mass is 329 g/mol. The molecule has 1 saturated heterocycles. The van der Waals surface area contributed by atoms with Crippen LogP contribution in [0.15, 0.2) is 16.6 Å². The number of hydrogen-bond acceptors (Lipinski definition) is 6. The molecule has 1 aliphatic heterocycles. The van der Waals surface area contributed by atoms with Crippen molar-refractivity contribution in [2.24, 2.45) is 0 Å². The van der Waals surface area contributed by atoms with E-state index in [0.717, 1.165) is 0 Å². The lowest BCUT2D eigenvalue weighted by molar-refractivity contribution is 0.0800. The summed E-state index contributed by atoms with van der Waals surface area (Å²) in [4.78, 5) is 6.89. The van der Waals surface area contributed by atoms with Crippen LogP contribution in [0.2, 0.25) is 0 Å². The molecule has 0 aliphatic carbocycles. The van der Waals surface area contributed by atoms with Gasteiger partial charge in [-0.25, -0.2) is 13.4 Å². The highest BCUT2D eigenvalue weighted by Gasteiger charge is 2.39. The van der Waals surface area contributed by atoms with Crippen LogP contribution in [-0.2, 0) is 10.0 Å². The van der Waals surface area contributed by atoms with Gasteiger partial charge < -0.3 is 5.73 Å². The molecule has 3 heterocycles. The summed E-state index contributed by atoms with van der Waals surface area (Å²) in [6.07, 6.45) is 1.69. The number of thiazole rings is 1. The average molecular weight is 329 g/mol. The van der Waals surface area contributed by atoms with E-state index in [-0.39, 0.29) is 16.4 Å². The first kappa shape index (κ1) is 14.8. The minimum atomic E-state index is -3.65. The van der Waals surface area contributed by atoms with Gasteiger partial charge in [0.2, 0.25) is 0 Å². The van der Waals surface area contributed by atoms with E-state index in [9.17, 15) is 8.42 Å². The number of anilines is 1. The maximum absolute atomic E-state index is 12.9. The molecule has 2 N–H and O–H groups in total. The fourth-order valence-electron chi connectivity index (χ4n) is 2.56. The Morgan fingerprint density at radius 1 is 1.38 bits per heavy atom. The van der Waals surface area contributed by atoms with Crippen LogP contribution in [-0.4, -0.2) is 59.2 Å². The smallest absolute Gasteiger partial charge is 0.263 e. The van der Waals surface area contributed by atoms with E-state index in [0.29, 0.717) is 24.6 Å². The standard InChI is InChI=1S/C12H19N5O2S2/c1-12(2)8-16(5-4-15(12)3)21(18,19)10-9(13)14-11-17(10)6-7-20-11/h6-7H,4-5,8,13H2,1-3H3. The first-order chi connectivity index (χ1) is 9.73. The minimum absolute atomic E-state index is 0.0681. The Labute approximate surface area is 128 Å². The second kappa shape index (κ2) is 4.67. The number of sulfonamides is 1. The van der Waals surface area contributed by atoms with Crippen LogP contribution >= 0.6 is 11.3 Å². The van der Waals surface area contributed by atoms with E-state index in [1.54, 1.807) is 16.0 Å². The molecule has 3 rings (SSSR count). The van der Waals surface area contributed by atoms with Gasteiger partial charge in [0.15, 0.2) is 15.8 Å². The van der Waals surface area contributed by atoms with Crippen LogP contribution in [0.4, 0.5) is 5.82 Å². The Hall–Kier alpha value is -1.16. The number of fused-ring (bicyclic) bond motifs is 1. The maximum atomic E-state index is 12.9. The molecule has 116 valence electrons. The van der Waals surface area contributed by atoms with Crippen LogP contribution in [0.25, 0.3) is 4.96 Å². The number of hydrogen-bond donors (Lipinski definition) is 1. The van der Waals surface area contributed by atoms with Gasteiger partial charge in [-0.15, -0.1) is 11.3 Å². The van der Waals surface area contributed by atoms with Crippen molar-refractivity contribution in [1.29, 1.82) is 0 Å². The van der Waals surface area contributed by atoms with Crippen LogP contribution in [0, 0.1) is 0 Å². The summed E-state index contributed by atoms with van der Waals surface area (Å²) in [6.45, 7) is 5.66. The molecular formula is C12H19N5O2S2. The second-order valence-corrected chi connectivity index (χ2v) is 8.66. The Morgan fingerprint density at radius 3 is 2.76 bits per heavy atom. The maximum Gasteiger partial charge on any atom is 0.263 e. The van der Waals surface area contributed by atoms with Crippen molar-refractivity contribution in [3.05, 3.63) is 11.6 Å². The molecule has 0 atom stereocenters. The van der Waals surface area contributed by atoms with Crippen molar-refractivity contribution >= 4 is 32.1 Å². The molecule has 2 aromatic heterocycles. The lowest BCUT2D eigenvalue weighted by atomic mass is 10.0. The van der Waals surface area contributed by atoms with Crippen molar-refractivity contribution in [1.82, 2.24) is 18.6 Å². The van der Waals surface area contributed by atoms with Crippen molar-refractivity contribution in [2.45, 2.75) is 24.4 Å². The largest absolute Gasteiger partial charge is 0.381 e. The van der Waals surface area contributed by atoms with E-state index >= 15 is 0 Å². The van der Waals surface area contributed by atoms with Crippen molar-refractivity contribution in [3.8, 4) is 0 Å². The molecule has 0 unspecified atom stereocenters. The van der Waals surface area contributed by atoms with Crippen LogP contribution in [0.3, 0.4) is 0 Å². The molecule has 0 bridgehead atoms. The predicted octanol–water partition coefficient (Wildman–Crippen LogP) is 0.693. The summed E-state index contributed by atoms with van der Waals surface area (Å²) in [5, 5.41) is 1.88. The second-order valence-electron chi connectivity index (χ2n) is 5.93. The molecule has 7 nitrogen and oxygen atoms in total. The topological polar surface area (TPSA) is 83.9 Å². The van der Waals surface area contributed by atoms with Gasteiger partial charge in [-0.05, 0) is 20.9 Å². The van der Waals surface area contributed by atoms with E-state index in [1.165, 1.54) is 15.6 Å². The van der Waals surface area contributed by atoms with Gasteiger partial charge in [-0.2, -0.15) is 4.31 Å². The fraction of sp³-hybridized carbons (Fsp3) is 0.583. The summed E-state index contributed by atoms with van der Waals surface area (Å²) in [5.74, 6) is 0.0681. The molecular weight excluding hydrogens is 310 g/mol. The minimum Gasteiger partial charge on any atom is -0.381 e. The Morgan fingerprint density at radius 2 is 2.10 bits per heavy atom. The summed E-state index contributed by atoms with van der Waals surface area (Å²) in [6, 6.07) is 0. The van der Waals surface area contributed by atoms with Gasteiger partial charge in [0, 0.05) is 36.8 Å². The van der Waals surface area contributed by atoms with Crippen molar-refractivity contribution in [2.75, 3.05) is 32.4 Å². The first-order valence-corrected chi connectivity index (χ1v) is 8.98. The third kappa shape index (κ3) is 2.24. The fourth-order valence-corrected chi connectivity index (χ4v) is 5.10. The van der Waals surface area contributed by atoms with Crippen LogP contribution in [0.1, 0.15) is 13.8 Å². The number of aromatic nitrogens is 2. The van der Waals surface area contributed by atoms with Crippen molar-refractivity contribution < 1.29 is 8.42 Å². The summed E-state index contributed by atoms with van der Waals surface area (Å²) in [5.41, 5.74) is 5.63. The molecule has 9 heteroatoms. The van der Waals surface area contributed by atoms with Crippen LogP contribution in [0.5, 0.6) is 0 Å². The average Bonchev–Trinajstić information content (AvgIpc) is 2.91. The van der Waals surface area contributed by atoms with Gasteiger partial charge in [0.05, 0.1) is 0 Å². The third-order valence-electron chi connectivity index (χ3n) is 4.11. The molecule has 0 aromatic carbocycles. The molecule has 0 radical (unpaired) electrons. The number of likely N-dealkylation sites (N-methyl/N-ethyl adjacent to an activating group) is 1. The van der Waals surface area contributed by atoms with Gasteiger partial charge >= 0.3 is 0 Å². The molecule has 1 aliphatic rings. The number of piperazine rings is 1. The van der Waals surface area contributed by atoms with Gasteiger partial charge in [0.25, 0.3) is 10.0 Å². The van der Waals surface area contributed by atoms with E-state index < -0.39 is 10.0 Å². The van der Waals surface area contributed by atoms with Crippen LogP contribution < -0.4 is 5.73 Å². The van der Waals surface area contributed by atoms with Gasteiger partial charge in [-0.1, -0.05) is 0 Å². The molecule has 21 heavy (non-hydrogen) atoms. The number of nitrogen functional groups attached to an aromatic ring is 1. The molecule has 0 saturated carbocycles. The van der Waals surface area contributed by atoms with E-state index in [2.05, 4.69) is 9.88 Å². The highest BCUT2D eigenvalue weighted by molar-refractivity contribution is 7.89. The zero-order valence-corrected chi connectivity index (χ0v) is 13.9. The van der Waals surface area contributed by atoms with Gasteiger partial charge in [-0.3, -0.25) is 9.30 Å².